The molecule has 3 aromatic rings. The van der Waals surface area contributed by atoms with Crippen molar-refractivity contribution in [3.63, 3.8) is 0 Å². The van der Waals surface area contributed by atoms with Gasteiger partial charge in [0.15, 0.2) is 11.5 Å². The molecular weight excluding hydrogens is 755 g/mol. The van der Waals surface area contributed by atoms with Crippen LogP contribution in [0.4, 0.5) is 17.1 Å². The predicted octanol–water partition coefficient (Wildman–Crippen LogP) is 4.67. The molecular formula is C36H47N7O10S2. The molecule has 17 nitrogen and oxygen atoms in total. The third kappa shape index (κ3) is 11.0. The smallest absolute Gasteiger partial charge is 0.325 e. The molecule has 3 N–H and O–H groups in total. The summed E-state index contributed by atoms with van der Waals surface area (Å²) in [5.74, 6) is -0.351. The van der Waals surface area contributed by atoms with E-state index >= 15 is 0 Å². The number of carbonyl (C=O) groups excluding carboxylic acids is 5. The number of nitro benzene ring substituents is 1. The number of esters is 1. The third-order valence-electron chi connectivity index (χ3n) is 8.69. The van der Waals surface area contributed by atoms with Gasteiger partial charge >= 0.3 is 5.97 Å². The number of likely N-dealkylation sites (tertiary alicyclic amines) is 1. The molecule has 4 rings (SSSR count). The second-order valence-electron chi connectivity index (χ2n) is 12.4. The minimum atomic E-state index is -0.603. The fourth-order valence-corrected chi connectivity index (χ4v) is 8.96. The summed E-state index contributed by atoms with van der Waals surface area (Å²) in [6, 6.07) is 5.47. The number of hydrogen-bond acceptors (Lipinski definition) is 12. The van der Waals surface area contributed by atoms with Crippen molar-refractivity contribution in [1.82, 2.24) is 19.4 Å². The van der Waals surface area contributed by atoms with Crippen LogP contribution in [0, 0.1) is 10.1 Å². The van der Waals surface area contributed by atoms with Gasteiger partial charge in [0.1, 0.15) is 23.5 Å². The van der Waals surface area contributed by atoms with Gasteiger partial charge < -0.3 is 44.2 Å². The second-order valence-corrected chi connectivity index (χ2v) is 15.6. The zero-order valence-electron chi connectivity index (χ0n) is 31.7. The molecule has 19 heteroatoms. The molecule has 0 bridgehead atoms. The van der Waals surface area contributed by atoms with Crippen LogP contribution < -0.4 is 25.4 Å². The predicted molar refractivity (Wildman–Crippen MR) is 210 cm³/mol. The number of aromatic nitrogens is 2. The minimum Gasteiger partial charge on any atom is -0.493 e. The largest absolute Gasteiger partial charge is 0.493 e. The molecule has 55 heavy (non-hydrogen) atoms. The molecule has 1 aromatic carbocycles. The average Bonchev–Trinajstić information content (AvgIpc) is 3.89. The standard InChI is InChI=1S/C36H47N7O10S2/c1-7-54-36(55-8-2)25-11-9-13-42(25)35(48)24-17-29(51-5)30(18-26(24)43(49)50)53-14-10-12-31(44)38-22-15-28(41(4)20-22)34(47)39-23-16-27(40(3)21-23)33(46)37-19-32(45)52-6/h15-18,20-21,25,36H,7-14,19H2,1-6H3,(H,37,46)(H,38,44)(H,39,47)/t25-/m0/s1. The Hall–Kier alpha value is -5.17. The Balaban J connectivity index is 1.33. The molecule has 0 saturated carbocycles. The van der Waals surface area contributed by atoms with Gasteiger partial charge in [0, 0.05) is 45.5 Å². The molecule has 0 radical (unpaired) electrons. The molecule has 298 valence electrons. The number of nitro groups is 1. The summed E-state index contributed by atoms with van der Waals surface area (Å²) in [5.41, 5.74) is 0.706. The van der Waals surface area contributed by atoms with Crippen LogP contribution in [0.25, 0.3) is 0 Å². The van der Waals surface area contributed by atoms with E-state index in [0.29, 0.717) is 17.9 Å². The third-order valence-corrected chi connectivity index (χ3v) is 11.5. The lowest BCUT2D eigenvalue weighted by atomic mass is 10.1. The van der Waals surface area contributed by atoms with E-state index in [1.54, 1.807) is 54.9 Å². The summed E-state index contributed by atoms with van der Waals surface area (Å²) >= 11 is 3.56. The summed E-state index contributed by atoms with van der Waals surface area (Å²) in [5, 5.41) is 20.1. The zero-order chi connectivity index (χ0) is 40.2. The van der Waals surface area contributed by atoms with Gasteiger partial charge in [0.05, 0.1) is 53.8 Å². The van der Waals surface area contributed by atoms with Crippen molar-refractivity contribution < 1.29 is 43.1 Å². The van der Waals surface area contributed by atoms with Crippen LogP contribution in [0.2, 0.25) is 0 Å². The fraction of sp³-hybridized carbons (Fsp3) is 0.472. The number of nitrogens with one attached hydrogen (secondary N) is 3. The van der Waals surface area contributed by atoms with E-state index in [1.165, 1.54) is 47.6 Å². The van der Waals surface area contributed by atoms with Crippen molar-refractivity contribution in [2.45, 2.75) is 50.2 Å². The first kappa shape index (κ1) is 42.6. The van der Waals surface area contributed by atoms with E-state index < -0.39 is 28.6 Å². The number of benzene rings is 1. The number of anilines is 2. The first-order valence-corrected chi connectivity index (χ1v) is 19.7. The molecule has 1 atom stereocenters. The average molecular weight is 802 g/mol. The summed E-state index contributed by atoms with van der Waals surface area (Å²) in [6.45, 7) is 4.38. The molecule has 0 spiro atoms. The molecule has 1 saturated heterocycles. The number of aryl methyl sites for hydroxylation is 2. The number of hydrogen-bond donors (Lipinski definition) is 3. The molecule has 1 aliphatic rings. The van der Waals surface area contributed by atoms with Crippen LogP contribution >= 0.6 is 23.5 Å². The van der Waals surface area contributed by atoms with Crippen molar-refractivity contribution in [2.75, 3.05) is 56.1 Å². The quantitative estimate of drug-likeness (QED) is 0.0498. The lowest BCUT2D eigenvalue weighted by Gasteiger charge is -2.31. The molecule has 2 aromatic heterocycles. The zero-order valence-corrected chi connectivity index (χ0v) is 33.3. The number of methoxy groups -OCH3 is 2. The lowest BCUT2D eigenvalue weighted by Crippen LogP contribution is -2.41. The first-order chi connectivity index (χ1) is 26.3. The molecule has 4 amide bonds. The van der Waals surface area contributed by atoms with E-state index in [-0.39, 0.29) is 76.7 Å². The summed E-state index contributed by atoms with van der Waals surface area (Å²) in [4.78, 5) is 76.7. The maximum absolute atomic E-state index is 13.8. The van der Waals surface area contributed by atoms with Crippen LogP contribution in [-0.2, 0) is 28.4 Å². The number of rotatable bonds is 19. The first-order valence-electron chi connectivity index (χ1n) is 17.6. The van der Waals surface area contributed by atoms with Gasteiger partial charge in [0.2, 0.25) is 5.91 Å². The van der Waals surface area contributed by atoms with Crippen molar-refractivity contribution in [3.8, 4) is 11.5 Å². The van der Waals surface area contributed by atoms with E-state index in [4.69, 9.17) is 9.47 Å². The number of ether oxygens (including phenoxy) is 3. The highest BCUT2D eigenvalue weighted by Crippen LogP contribution is 2.39. The Morgan fingerprint density at radius 3 is 2.16 bits per heavy atom. The summed E-state index contributed by atoms with van der Waals surface area (Å²) < 4.78 is 19.0. The topological polar surface area (TPSA) is 205 Å². The van der Waals surface area contributed by atoms with E-state index in [9.17, 15) is 34.1 Å². The molecule has 1 fully saturated rings. The maximum atomic E-state index is 13.8. The highest BCUT2D eigenvalue weighted by molar-refractivity contribution is 8.17. The highest BCUT2D eigenvalue weighted by Gasteiger charge is 2.38. The number of amides is 4. The van der Waals surface area contributed by atoms with Gasteiger partial charge in [-0.25, -0.2) is 0 Å². The Bertz CT molecular complexity index is 1890. The summed E-state index contributed by atoms with van der Waals surface area (Å²) in [7, 11) is 5.85. The van der Waals surface area contributed by atoms with Gasteiger partial charge in [0.25, 0.3) is 23.4 Å². The second kappa shape index (κ2) is 19.9. The molecule has 3 heterocycles. The SMILES string of the molecule is CCSC(SCC)[C@@H]1CCCN1C(=O)c1cc(OC)c(OCCCC(=O)Nc2cc(C(=O)Nc3cc(C(=O)NCC(=O)OC)n(C)c3)n(C)c2)cc1[N+](=O)[O-]. The van der Waals surface area contributed by atoms with Gasteiger partial charge in [-0.1, -0.05) is 13.8 Å². The van der Waals surface area contributed by atoms with Crippen LogP contribution in [-0.4, -0.2) is 105 Å². The molecule has 1 aliphatic heterocycles. The van der Waals surface area contributed by atoms with Crippen LogP contribution in [0.15, 0.2) is 36.7 Å². The van der Waals surface area contributed by atoms with Gasteiger partial charge in [-0.2, -0.15) is 0 Å². The Morgan fingerprint density at radius 2 is 1.56 bits per heavy atom. The Labute approximate surface area is 327 Å². The molecule has 0 unspecified atom stereocenters. The number of carbonyl (C=O) groups is 5. The van der Waals surface area contributed by atoms with E-state index in [2.05, 4.69) is 34.5 Å². The number of thioether (sulfide) groups is 2. The highest BCUT2D eigenvalue weighted by atomic mass is 32.2. The molecule has 0 aliphatic carbocycles. The van der Waals surface area contributed by atoms with Crippen molar-refractivity contribution in [3.05, 3.63) is 63.7 Å². The van der Waals surface area contributed by atoms with Gasteiger partial charge in [-0.15, -0.1) is 23.5 Å². The Morgan fingerprint density at radius 1 is 0.927 bits per heavy atom. The van der Waals surface area contributed by atoms with Crippen LogP contribution in [0.5, 0.6) is 11.5 Å². The van der Waals surface area contributed by atoms with Crippen molar-refractivity contribution in [1.29, 1.82) is 0 Å². The van der Waals surface area contributed by atoms with Crippen LogP contribution in [0.3, 0.4) is 0 Å². The van der Waals surface area contributed by atoms with Crippen molar-refractivity contribution >= 4 is 70.2 Å². The van der Waals surface area contributed by atoms with Gasteiger partial charge in [-0.05, 0) is 42.9 Å². The lowest BCUT2D eigenvalue weighted by molar-refractivity contribution is -0.385. The Kier molecular flexibility index (Phi) is 15.4. The minimum absolute atomic E-state index is 0.0226. The van der Waals surface area contributed by atoms with E-state index in [1.807, 2.05) is 0 Å². The van der Waals surface area contributed by atoms with Crippen LogP contribution in [0.1, 0.15) is 70.9 Å². The monoisotopic (exact) mass is 801 g/mol. The van der Waals surface area contributed by atoms with Crippen molar-refractivity contribution in [2.24, 2.45) is 14.1 Å². The maximum Gasteiger partial charge on any atom is 0.325 e. The fourth-order valence-electron chi connectivity index (χ4n) is 6.09. The van der Waals surface area contributed by atoms with Gasteiger partial charge in [-0.3, -0.25) is 34.1 Å². The summed E-state index contributed by atoms with van der Waals surface area (Å²) in [6.07, 6.45) is 5.04. The normalized spacial score (nSPS) is 13.7. The number of nitrogens with zero attached hydrogens (tertiary/aromatic N) is 4. The van der Waals surface area contributed by atoms with E-state index in [0.717, 1.165) is 24.3 Å².